The van der Waals surface area contributed by atoms with Crippen molar-refractivity contribution in [1.29, 1.82) is 0 Å². The Labute approximate surface area is 175 Å². The standard InChI is InChI=1S/C23H25N3O4/c1-3-24-23(27)19-14-28-22(25-19)13-26(16(2)18-7-5-4-6-8-18)12-17-9-10-20-21(11-17)30-15-29-20/h4-11,14,16H,3,12-13,15H2,1-2H3,(H,24,27). The van der Waals surface area contributed by atoms with Crippen molar-refractivity contribution in [3.8, 4) is 11.5 Å². The van der Waals surface area contributed by atoms with Crippen molar-refractivity contribution in [3.63, 3.8) is 0 Å². The van der Waals surface area contributed by atoms with Crippen LogP contribution < -0.4 is 14.8 Å². The van der Waals surface area contributed by atoms with Gasteiger partial charge in [0, 0.05) is 19.1 Å². The molecule has 0 radical (unpaired) electrons. The Hall–Kier alpha value is -3.32. The third-order valence-corrected chi connectivity index (χ3v) is 5.11. The van der Waals surface area contributed by atoms with E-state index in [-0.39, 0.29) is 18.7 Å². The topological polar surface area (TPSA) is 76.8 Å². The number of aromatic nitrogens is 1. The molecule has 3 aromatic rings. The number of benzene rings is 2. The quantitative estimate of drug-likeness (QED) is 0.610. The van der Waals surface area contributed by atoms with Crippen molar-refractivity contribution < 1.29 is 18.7 Å². The summed E-state index contributed by atoms with van der Waals surface area (Å²) in [6, 6.07) is 16.4. The molecule has 1 N–H and O–H groups in total. The lowest BCUT2D eigenvalue weighted by Crippen LogP contribution is -2.27. The zero-order valence-electron chi connectivity index (χ0n) is 17.1. The monoisotopic (exact) mass is 407 g/mol. The fraction of sp³-hybridized carbons (Fsp3) is 0.304. The maximum atomic E-state index is 12.0. The predicted molar refractivity (Wildman–Crippen MR) is 111 cm³/mol. The summed E-state index contributed by atoms with van der Waals surface area (Å²) in [7, 11) is 0. The highest BCUT2D eigenvalue weighted by Gasteiger charge is 2.21. The van der Waals surface area contributed by atoms with Crippen LogP contribution in [0, 0.1) is 0 Å². The van der Waals surface area contributed by atoms with E-state index in [1.165, 1.54) is 11.8 Å². The molecule has 1 unspecified atom stereocenters. The van der Waals surface area contributed by atoms with Crippen LogP contribution in [0.3, 0.4) is 0 Å². The molecular weight excluding hydrogens is 382 g/mol. The second kappa shape index (κ2) is 9.00. The van der Waals surface area contributed by atoms with Gasteiger partial charge in [-0.3, -0.25) is 9.69 Å². The van der Waals surface area contributed by atoms with Gasteiger partial charge >= 0.3 is 0 Å². The molecule has 0 fully saturated rings. The highest BCUT2D eigenvalue weighted by atomic mass is 16.7. The van der Waals surface area contributed by atoms with E-state index in [0.717, 1.165) is 17.1 Å². The fourth-order valence-corrected chi connectivity index (χ4v) is 3.46. The third-order valence-electron chi connectivity index (χ3n) is 5.11. The number of ether oxygens (including phenoxy) is 2. The summed E-state index contributed by atoms with van der Waals surface area (Å²) in [6.45, 7) is 5.93. The van der Waals surface area contributed by atoms with Crippen LogP contribution in [0.1, 0.15) is 47.4 Å². The van der Waals surface area contributed by atoms with Gasteiger partial charge in [0.1, 0.15) is 6.26 Å². The lowest BCUT2D eigenvalue weighted by atomic mass is 10.1. The van der Waals surface area contributed by atoms with Crippen LogP contribution >= 0.6 is 0 Å². The summed E-state index contributed by atoms with van der Waals surface area (Å²) < 4.78 is 16.5. The first-order valence-electron chi connectivity index (χ1n) is 10.0. The van der Waals surface area contributed by atoms with Crippen molar-refractivity contribution in [2.24, 2.45) is 0 Å². The number of oxazole rings is 1. The summed E-state index contributed by atoms with van der Waals surface area (Å²) in [4.78, 5) is 18.7. The molecule has 30 heavy (non-hydrogen) atoms. The van der Waals surface area contributed by atoms with Crippen molar-refractivity contribution in [2.45, 2.75) is 33.0 Å². The number of carbonyl (C=O) groups excluding carboxylic acids is 1. The number of nitrogens with one attached hydrogen (secondary N) is 1. The highest BCUT2D eigenvalue weighted by molar-refractivity contribution is 5.91. The normalized spacial score (nSPS) is 13.4. The van der Waals surface area contributed by atoms with Crippen LogP contribution in [0.5, 0.6) is 11.5 Å². The Bertz CT molecular complexity index is 1000. The maximum absolute atomic E-state index is 12.0. The first-order chi connectivity index (χ1) is 14.6. The van der Waals surface area contributed by atoms with E-state index in [9.17, 15) is 4.79 Å². The predicted octanol–water partition coefficient (Wildman–Crippen LogP) is 3.92. The Morgan fingerprint density at radius 3 is 2.73 bits per heavy atom. The van der Waals surface area contributed by atoms with E-state index in [2.05, 4.69) is 34.3 Å². The average molecular weight is 407 g/mol. The van der Waals surface area contributed by atoms with E-state index < -0.39 is 0 Å². The van der Waals surface area contributed by atoms with Crippen LogP contribution in [-0.4, -0.2) is 29.1 Å². The number of nitrogens with zero attached hydrogens (tertiary/aromatic N) is 2. The van der Waals surface area contributed by atoms with Crippen LogP contribution in [0.4, 0.5) is 0 Å². The van der Waals surface area contributed by atoms with Crippen LogP contribution in [0.2, 0.25) is 0 Å². The molecule has 0 saturated carbocycles. The van der Waals surface area contributed by atoms with Gasteiger partial charge in [-0.25, -0.2) is 4.98 Å². The van der Waals surface area contributed by atoms with E-state index in [1.54, 1.807) is 0 Å². The van der Waals surface area contributed by atoms with Gasteiger partial charge in [-0.05, 0) is 37.1 Å². The molecule has 1 aromatic heterocycles. The third kappa shape index (κ3) is 4.46. The van der Waals surface area contributed by atoms with Crippen molar-refractivity contribution >= 4 is 5.91 Å². The first-order valence-corrected chi connectivity index (χ1v) is 10.0. The van der Waals surface area contributed by atoms with Gasteiger partial charge < -0.3 is 19.2 Å². The number of rotatable bonds is 8. The van der Waals surface area contributed by atoms with E-state index in [1.807, 2.05) is 43.3 Å². The highest BCUT2D eigenvalue weighted by Crippen LogP contribution is 2.34. The largest absolute Gasteiger partial charge is 0.454 e. The fourth-order valence-electron chi connectivity index (χ4n) is 3.46. The number of amides is 1. The maximum Gasteiger partial charge on any atom is 0.273 e. The van der Waals surface area contributed by atoms with Gasteiger partial charge in [-0.15, -0.1) is 0 Å². The molecular formula is C23H25N3O4. The zero-order chi connectivity index (χ0) is 20.9. The van der Waals surface area contributed by atoms with Gasteiger partial charge in [0.15, 0.2) is 17.2 Å². The molecule has 4 rings (SSSR count). The summed E-state index contributed by atoms with van der Waals surface area (Å²) in [5.74, 6) is 1.79. The lowest BCUT2D eigenvalue weighted by molar-refractivity contribution is 0.0950. The second-order valence-electron chi connectivity index (χ2n) is 7.17. The first kappa shape index (κ1) is 20.0. The molecule has 2 aromatic carbocycles. The SMILES string of the molecule is CCNC(=O)c1coc(CN(Cc2ccc3c(c2)OCO3)C(C)c2ccccc2)n1. The van der Waals surface area contributed by atoms with Crippen molar-refractivity contribution in [3.05, 3.63) is 77.5 Å². The summed E-state index contributed by atoms with van der Waals surface area (Å²) in [6.07, 6.45) is 1.41. The van der Waals surface area contributed by atoms with Gasteiger partial charge in [-0.2, -0.15) is 0 Å². The average Bonchev–Trinajstić information content (AvgIpc) is 3.43. The van der Waals surface area contributed by atoms with Crippen molar-refractivity contribution in [1.82, 2.24) is 15.2 Å². The molecule has 1 atom stereocenters. The zero-order valence-corrected chi connectivity index (χ0v) is 17.1. The van der Waals surface area contributed by atoms with Gasteiger partial charge in [0.2, 0.25) is 12.7 Å². The van der Waals surface area contributed by atoms with E-state index >= 15 is 0 Å². The number of carbonyl (C=O) groups is 1. The van der Waals surface area contributed by atoms with Crippen LogP contribution in [0.15, 0.2) is 59.2 Å². The minimum Gasteiger partial charge on any atom is -0.454 e. The molecule has 2 heterocycles. The lowest BCUT2D eigenvalue weighted by Gasteiger charge is -2.28. The molecule has 1 amide bonds. The smallest absolute Gasteiger partial charge is 0.273 e. The second-order valence-corrected chi connectivity index (χ2v) is 7.17. The molecule has 1 aliphatic heterocycles. The summed E-state index contributed by atoms with van der Waals surface area (Å²) >= 11 is 0. The van der Waals surface area contributed by atoms with Gasteiger partial charge in [0.25, 0.3) is 5.91 Å². The molecule has 7 nitrogen and oxygen atoms in total. The molecule has 0 bridgehead atoms. The molecule has 0 saturated heterocycles. The van der Waals surface area contributed by atoms with Crippen LogP contribution in [-0.2, 0) is 13.1 Å². The molecule has 0 aliphatic carbocycles. The Kier molecular flexibility index (Phi) is 5.99. The van der Waals surface area contributed by atoms with Gasteiger partial charge in [-0.1, -0.05) is 36.4 Å². The molecule has 1 aliphatic rings. The Morgan fingerprint density at radius 2 is 1.93 bits per heavy atom. The molecule has 156 valence electrons. The van der Waals surface area contributed by atoms with Crippen molar-refractivity contribution in [2.75, 3.05) is 13.3 Å². The molecule has 0 spiro atoms. The Morgan fingerprint density at radius 1 is 1.13 bits per heavy atom. The van der Waals surface area contributed by atoms with Crippen LogP contribution in [0.25, 0.3) is 0 Å². The van der Waals surface area contributed by atoms with Gasteiger partial charge in [0.05, 0.1) is 6.54 Å². The number of fused-ring (bicyclic) bond motifs is 1. The summed E-state index contributed by atoms with van der Waals surface area (Å²) in [5, 5.41) is 2.74. The van der Waals surface area contributed by atoms with E-state index in [0.29, 0.717) is 31.2 Å². The number of hydrogen-bond acceptors (Lipinski definition) is 6. The minimum absolute atomic E-state index is 0.108. The summed E-state index contributed by atoms with van der Waals surface area (Å²) in [5.41, 5.74) is 2.58. The minimum atomic E-state index is -0.231. The molecule has 7 heteroatoms. The Balaban J connectivity index is 1.56. The van der Waals surface area contributed by atoms with E-state index in [4.69, 9.17) is 13.9 Å². The number of hydrogen-bond donors (Lipinski definition) is 1.